The van der Waals surface area contributed by atoms with Crippen LogP contribution in [0, 0.1) is 11.3 Å². The molecule has 2 rings (SSSR count). The molecule has 0 radical (unpaired) electrons. The van der Waals surface area contributed by atoms with Gasteiger partial charge >= 0.3 is 0 Å². The average molecular weight is 171 g/mol. The Hall–Kier alpha value is -1.29. The van der Waals surface area contributed by atoms with Gasteiger partial charge in [-0.05, 0) is 41.5 Å². The van der Waals surface area contributed by atoms with Crippen LogP contribution in [0.3, 0.4) is 0 Å². The van der Waals surface area contributed by atoms with Gasteiger partial charge in [0, 0.05) is 0 Å². The highest BCUT2D eigenvalue weighted by Crippen LogP contribution is 2.38. The van der Waals surface area contributed by atoms with Gasteiger partial charge in [0.2, 0.25) is 0 Å². The summed E-state index contributed by atoms with van der Waals surface area (Å²) >= 11 is 0. The quantitative estimate of drug-likeness (QED) is 0.588. The maximum atomic E-state index is 8.75. The van der Waals surface area contributed by atoms with Gasteiger partial charge in [-0.25, -0.2) is 0 Å². The van der Waals surface area contributed by atoms with Gasteiger partial charge in [0.1, 0.15) is 0 Å². The predicted octanol–water partition coefficient (Wildman–Crippen LogP) is 2.78. The Kier molecular flexibility index (Phi) is 1.66. The molecule has 0 aromatic heterocycles. The van der Waals surface area contributed by atoms with Crippen molar-refractivity contribution in [3.63, 3.8) is 0 Å². The van der Waals surface area contributed by atoms with Gasteiger partial charge in [-0.1, -0.05) is 19.9 Å². The van der Waals surface area contributed by atoms with E-state index in [1.54, 1.807) is 0 Å². The Labute approximate surface area is 79.0 Å². The minimum absolute atomic E-state index is 0.309. The first-order valence-electron chi connectivity index (χ1n) is 4.67. The van der Waals surface area contributed by atoms with Gasteiger partial charge in [-0.3, -0.25) is 0 Å². The number of nitriles is 1. The molecule has 0 aliphatic heterocycles. The van der Waals surface area contributed by atoms with Crippen molar-refractivity contribution in [3.8, 4) is 6.07 Å². The molecule has 0 unspecified atom stereocenters. The lowest BCUT2D eigenvalue weighted by Gasteiger charge is -2.18. The highest BCUT2D eigenvalue weighted by molar-refractivity contribution is 5.44. The van der Waals surface area contributed by atoms with Crippen molar-refractivity contribution in [1.82, 2.24) is 0 Å². The molecule has 1 aliphatic rings. The Bertz CT molecular complexity index is 383. The molecular formula is C12H13N. The summed E-state index contributed by atoms with van der Waals surface area (Å²) in [6, 6.07) is 8.25. The number of aryl methyl sites for hydroxylation is 1. The lowest BCUT2D eigenvalue weighted by molar-refractivity contribution is 0.522. The first kappa shape index (κ1) is 8.31. The summed E-state index contributed by atoms with van der Waals surface area (Å²) in [6.45, 7) is 4.54. The van der Waals surface area contributed by atoms with Gasteiger partial charge < -0.3 is 0 Å². The van der Waals surface area contributed by atoms with Gasteiger partial charge in [-0.2, -0.15) is 5.26 Å². The number of hydrogen-bond acceptors (Lipinski definition) is 1. The second-order valence-electron chi connectivity index (χ2n) is 4.37. The van der Waals surface area contributed by atoms with E-state index in [1.807, 2.05) is 12.1 Å². The van der Waals surface area contributed by atoms with Crippen LogP contribution in [-0.4, -0.2) is 0 Å². The van der Waals surface area contributed by atoms with Crippen LogP contribution in [0.2, 0.25) is 0 Å². The van der Waals surface area contributed by atoms with E-state index in [1.165, 1.54) is 17.5 Å². The summed E-state index contributed by atoms with van der Waals surface area (Å²) < 4.78 is 0. The summed E-state index contributed by atoms with van der Waals surface area (Å²) in [5.74, 6) is 0. The Morgan fingerprint density at radius 3 is 2.85 bits per heavy atom. The molecule has 1 aromatic carbocycles. The monoisotopic (exact) mass is 171 g/mol. The summed E-state index contributed by atoms with van der Waals surface area (Å²) in [7, 11) is 0. The molecule has 1 heteroatoms. The normalized spacial score (nSPS) is 17.9. The fourth-order valence-electron chi connectivity index (χ4n) is 2.11. The van der Waals surface area contributed by atoms with Crippen molar-refractivity contribution in [2.24, 2.45) is 0 Å². The minimum atomic E-state index is 0.309. The first-order chi connectivity index (χ1) is 6.13. The number of hydrogen-bond donors (Lipinski definition) is 0. The van der Waals surface area contributed by atoms with Crippen LogP contribution >= 0.6 is 0 Å². The molecule has 0 atom stereocenters. The zero-order valence-corrected chi connectivity index (χ0v) is 8.09. The smallest absolute Gasteiger partial charge is 0.0991 e. The molecule has 1 aliphatic carbocycles. The molecular weight excluding hydrogens is 158 g/mol. The fourth-order valence-corrected chi connectivity index (χ4v) is 2.11. The van der Waals surface area contributed by atoms with E-state index in [0.29, 0.717) is 5.41 Å². The van der Waals surface area contributed by atoms with Crippen molar-refractivity contribution in [3.05, 3.63) is 34.9 Å². The summed E-state index contributed by atoms with van der Waals surface area (Å²) in [5.41, 5.74) is 3.88. The van der Waals surface area contributed by atoms with E-state index in [2.05, 4.69) is 26.0 Å². The zero-order chi connectivity index (χ0) is 9.47. The van der Waals surface area contributed by atoms with Gasteiger partial charge in [0.25, 0.3) is 0 Å². The highest BCUT2D eigenvalue weighted by atomic mass is 14.3. The average Bonchev–Trinajstić information content (AvgIpc) is 2.42. The topological polar surface area (TPSA) is 23.8 Å². The van der Waals surface area contributed by atoms with Crippen LogP contribution in [-0.2, 0) is 11.8 Å². The van der Waals surface area contributed by atoms with Crippen LogP contribution in [0.4, 0.5) is 0 Å². The second-order valence-corrected chi connectivity index (χ2v) is 4.37. The maximum absolute atomic E-state index is 8.75. The number of rotatable bonds is 0. The summed E-state index contributed by atoms with van der Waals surface area (Å²) in [6.07, 6.45) is 2.33. The van der Waals surface area contributed by atoms with E-state index in [0.717, 1.165) is 12.0 Å². The van der Waals surface area contributed by atoms with Gasteiger partial charge in [-0.15, -0.1) is 0 Å². The Morgan fingerprint density at radius 2 is 2.15 bits per heavy atom. The van der Waals surface area contributed by atoms with Crippen LogP contribution in [0.5, 0.6) is 0 Å². The molecule has 0 heterocycles. The molecule has 0 saturated carbocycles. The van der Waals surface area contributed by atoms with Crippen LogP contribution < -0.4 is 0 Å². The number of benzene rings is 1. The molecule has 0 fully saturated rings. The second kappa shape index (κ2) is 2.60. The highest BCUT2D eigenvalue weighted by Gasteiger charge is 2.29. The first-order valence-corrected chi connectivity index (χ1v) is 4.67. The minimum Gasteiger partial charge on any atom is -0.192 e. The van der Waals surface area contributed by atoms with E-state index in [4.69, 9.17) is 5.26 Å². The van der Waals surface area contributed by atoms with Crippen molar-refractivity contribution >= 4 is 0 Å². The maximum Gasteiger partial charge on any atom is 0.0991 e. The number of fused-ring (bicyclic) bond motifs is 1. The van der Waals surface area contributed by atoms with Crippen molar-refractivity contribution in [1.29, 1.82) is 5.26 Å². The van der Waals surface area contributed by atoms with E-state index in [9.17, 15) is 0 Å². The van der Waals surface area contributed by atoms with E-state index >= 15 is 0 Å². The predicted molar refractivity (Wildman–Crippen MR) is 52.5 cm³/mol. The van der Waals surface area contributed by atoms with E-state index in [-0.39, 0.29) is 0 Å². The molecule has 0 amide bonds. The third-order valence-electron chi connectivity index (χ3n) is 2.98. The molecule has 0 N–H and O–H groups in total. The standard InChI is InChI=1S/C12H13N/c1-12(2)6-5-10-7-9(8-13)3-4-11(10)12/h3-4,7H,5-6H2,1-2H3. The van der Waals surface area contributed by atoms with Crippen molar-refractivity contribution in [2.45, 2.75) is 32.1 Å². The molecule has 0 saturated heterocycles. The molecule has 13 heavy (non-hydrogen) atoms. The summed E-state index contributed by atoms with van der Waals surface area (Å²) in [5, 5.41) is 8.75. The summed E-state index contributed by atoms with van der Waals surface area (Å²) in [4.78, 5) is 0. The van der Waals surface area contributed by atoms with Crippen molar-refractivity contribution < 1.29 is 0 Å². The van der Waals surface area contributed by atoms with Crippen LogP contribution in [0.1, 0.15) is 37.0 Å². The molecule has 0 spiro atoms. The lowest BCUT2D eigenvalue weighted by Crippen LogP contribution is -2.11. The van der Waals surface area contributed by atoms with Gasteiger partial charge in [0.15, 0.2) is 0 Å². The third kappa shape index (κ3) is 1.23. The Morgan fingerprint density at radius 1 is 1.38 bits per heavy atom. The fraction of sp³-hybridized carbons (Fsp3) is 0.417. The molecule has 1 aromatic rings. The lowest BCUT2D eigenvalue weighted by atomic mass is 9.86. The van der Waals surface area contributed by atoms with Crippen LogP contribution in [0.25, 0.3) is 0 Å². The molecule has 1 nitrogen and oxygen atoms in total. The van der Waals surface area contributed by atoms with Crippen molar-refractivity contribution in [2.75, 3.05) is 0 Å². The third-order valence-corrected chi connectivity index (χ3v) is 2.98. The zero-order valence-electron chi connectivity index (χ0n) is 8.09. The Balaban J connectivity index is 2.54. The SMILES string of the molecule is CC1(C)CCc2cc(C#N)ccc21. The van der Waals surface area contributed by atoms with Gasteiger partial charge in [0.05, 0.1) is 11.6 Å². The number of nitrogens with zero attached hydrogens (tertiary/aromatic N) is 1. The molecule has 0 bridgehead atoms. The van der Waals surface area contributed by atoms with Crippen LogP contribution in [0.15, 0.2) is 18.2 Å². The largest absolute Gasteiger partial charge is 0.192 e. The molecule has 66 valence electrons. The van der Waals surface area contributed by atoms with E-state index < -0.39 is 0 Å².